The Morgan fingerprint density at radius 2 is 2.05 bits per heavy atom. The van der Waals surface area contributed by atoms with Gasteiger partial charge >= 0.3 is 6.03 Å². The van der Waals surface area contributed by atoms with Gasteiger partial charge in [-0.25, -0.2) is 9.18 Å². The van der Waals surface area contributed by atoms with Crippen molar-refractivity contribution in [2.24, 2.45) is 0 Å². The van der Waals surface area contributed by atoms with Gasteiger partial charge in [-0.3, -0.25) is 0 Å². The summed E-state index contributed by atoms with van der Waals surface area (Å²) in [5.74, 6) is -0.385. The number of likely N-dealkylation sites (N-methyl/N-ethyl adjacent to an activating group) is 1. The fourth-order valence-electron chi connectivity index (χ4n) is 1.62. The third kappa shape index (κ3) is 4.09. The van der Waals surface area contributed by atoms with Crippen molar-refractivity contribution in [3.63, 3.8) is 0 Å². The Kier molecular flexibility index (Phi) is 5.76. The van der Waals surface area contributed by atoms with Crippen LogP contribution < -0.4 is 10.2 Å². The Bertz CT molecular complexity index is 466. The molecule has 2 amide bonds. The van der Waals surface area contributed by atoms with Gasteiger partial charge in [0.25, 0.3) is 0 Å². The van der Waals surface area contributed by atoms with E-state index in [2.05, 4.69) is 5.32 Å². The van der Waals surface area contributed by atoms with Gasteiger partial charge in [-0.1, -0.05) is 0 Å². The minimum atomic E-state index is -0.386. The van der Waals surface area contributed by atoms with Crippen LogP contribution >= 0.6 is 0 Å². The summed E-state index contributed by atoms with van der Waals surface area (Å²) in [4.78, 5) is 14.9. The maximum atomic E-state index is 14.0. The molecule has 0 heterocycles. The van der Waals surface area contributed by atoms with Crippen molar-refractivity contribution in [3.8, 4) is 0 Å². The Morgan fingerprint density at radius 1 is 1.40 bits per heavy atom. The molecule has 0 aliphatic heterocycles. The zero-order valence-electron chi connectivity index (χ0n) is 12.4. The lowest BCUT2D eigenvalue weighted by molar-refractivity contribution is 0.202. The molecule has 0 radical (unpaired) electrons. The lowest BCUT2D eigenvalue weighted by Gasteiger charge is -2.24. The molecule has 6 heteroatoms. The van der Waals surface area contributed by atoms with E-state index in [1.165, 1.54) is 11.0 Å². The molecule has 0 saturated carbocycles. The molecule has 1 aromatic carbocycles. The van der Waals surface area contributed by atoms with Crippen LogP contribution in [0.1, 0.15) is 13.8 Å². The summed E-state index contributed by atoms with van der Waals surface area (Å²) >= 11 is 0. The number of nitrogens with zero attached hydrogens (tertiary/aromatic N) is 2. The highest BCUT2D eigenvalue weighted by Gasteiger charge is 2.13. The van der Waals surface area contributed by atoms with E-state index in [-0.39, 0.29) is 31.0 Å². The van der Waals surface area contributed by atoms with E-state index in [0.29, 0.717) is 11.4 Å². The molecule has 1 rings (SSSR count). The molecule has 5 nitrogen and oxygen atoms in total. The van der Waals surface area contributed by atoms with Crippen LogP contribution in [0.2, 0.25) is 0 Å². The number of urea groups is 1. The van der Waals surface area contributed by atoms with Crippen molar-refractivity contribution < 1.29 is 14.3 Å². The van der Waals surface area contributed by atoms with E-state index in [1.54, 1.807) is 19.2 Å². The quantitative estimate of drug-likeness (QED) is 0.870. The molecule has 112 valence electrons. The van der Waals surface area contributed by atoms with E-state index < -0.39 is 0 Å². The highest BCUT2D eigenvalue weighted by atomic mass is 19.1. The third-order valence-electron chi connectivity index (χ3n) is 3.14. The van der Waals surface area contributed by atoms with Gasteiger partial charge in [0.05, 0.1) is 12.3 Å². The molecule has 0 saturated heterocycles. The summed E-state index contributed by atoms with van der Waals surface area (Å²) in [5.41, 5.74) is 0.875. The molecule has 20 heavy (non-hydrogen) atoms. The fourth-order valence-corrected chi connectivity index (χ4v) is 1.62. The first-order valence-corrected chi connectivity index (χ1v) is 6.52. The van der Waals surface area contributed by atoms with Gasteiger partial charge in [0, 0.05) is 32.4 Å². The zero-order valence-corrected chi connectivity index (χ0v) is 12.4. The highest BCUT2D eigenvalue weighted by molar-refractivity contribution is 5.89. The fraction of sp³-hybridized carbons (Fsp3) is 0.500. The molecule has 0 fully saturated rings. The van der Waals surface area contributed by atoms with Gasteiger partial charge in [-0.05, 0) is 32.0 Å². The Morgan fingerprint density at radius 3 is 2.55 bits per heavy atom. The number of carbonyl (C=O) groups is 1. The molecule has 0 atom stereocenters. The minimum absolute atomic E-state index is 0.115. The summed E-state index contributed by atoms with van der Waals surface area (Å²) < 4.78 is 14.0. The summed E-state index contributed by atoms with van der Waals surface area (Å²) in [6.07, 6.45) is 0. The number of halogens is 1. The average Bonchev–Trinajstić information content (AvgIpc) is 2.38. The van der Waals surface area contributed by atoms with Gasteiger partial charge in [-0.2, -0.15) is 0 Å². The number of hydrogen-bond donors (Lipinski definition) is 2. The molecule has 2 N–H and O–H groups in total. The smallest absolute Gasteiger partial charge is 0.321 e. The number of aliphatic hydroxyl groups is 1. The predicted octanol–water partition coefficient (Wildman–Crippen LogP) is 2.13. The lowest BCUT2D eigenvalue weighted by atomic mass is 10.2. The zero-order chi connectivity index (χ0) is 15.3. The first-order valence-electron chi connectivity index (χ1n) is 6.52. The second kappa shape index (κ2) is 7.09. The van der Waals surface area contributed by atoms with Crippen LogP contribution in [0.25, 0.3) is 0 Å². The van der Waals surface area contributed by atoms with Crippen molar-refractivity contribution in [2.75, 3.05) is 37.5 Å². The number of carbonyl (C=O) groups excluding carboxylic acids is 1. The number of benzene rings is 1. The van der Waals surface area contributed by atoms with Crippen molar-refractivity contribution in [1.29, 1.82) is 0 Å². The van der Waals surface area contributed by atoms with Gasteiger partial charge in [0.15, 0.2) is 0 Å². The summed E-state index contributed by atoms with van der Waals surface area (Å²) in [5, 5.41) is 11.3. The summed E-state index contributed by atoms with van der Waals surface area (Å²) in [7, 11) is 3.37. The van der Waals surface area contributed by atoms with E-state index in [4.69, 9.17) is 5.11 Å². The molecule has 0 aliphatic rings. The second-order valence-electron chi connectivity index (χ2n) is 4.95. The van der Waals surface area contributed by atoms with Crippen LogP contribution in [0.3, 0.4) is 0 Å². The second-order valence-corrected chi connectivity index (χ2v) is 4.95. The van der Waals surface area contributed by atoms with Crippen LogP contribution in [-0.2, 0) is 0 Å². The monoisotopic (exact) mass is 283 g/mol. The van der Waals surface area contributed by atoms with Crippen LogP contribution in [0.5, 0.6) is 0 Å². The average molecular weight is 283 g/mol. The molecule has 1 aromatic rings. The first-order chi connectivity index (χ1) is 9.36. The van der Waals surface area contributed by atoms with E-state index in [1.807, 2.05) is 25.8 Å². The van der Waals surface area contributed by atoms with Crippen LogP contribution in [0, 0.1) is 5.82 Å². The number of nitrogens with one attached hydrogen (secondary N) is 1. The third-order valence-corrected chi connectivity index (χ3v) is 3.14. The molecule has 0 unspecified atom stereocenters. The SMILES string of the molecule is CC(C)N(C)c1ccc(NC(=O)N(C)CCO)cc1F. The standard InChI is InChI=1S/C14H22FN3O2/c1-10(2)18(4)13-6-5-11(9-12(13)15)16-14(20)17(3)7-8-19/h5-6,9-10,19H,7-8H2,1-4H3,(H,16,20). The number of hydrogen-bond acceptors (Lipinski definition) is 3. The number of aliphatic hydroxyl groups excluding tert-OH is 1. The highest BCUT2D eigenvalue weighted by Crippen LogP contribution is 2.23. The lowest BCUT2D eigenvalue weighted by Crippen LogP contribution is -2.33. The number of amides is 2. The van der Waals surface area contributed by atoms with Gasteiger partial charge < -0.3 is 20.2 Å². The molecule has 0 aliphatic carbocycles. The maximum absolute atomic E-state index is 14.0. The van der Waals surface area contributed by atoms with Crippen molar-refractivity contribution in [2.45, 2.75) is 19.9 Å². The van der Waals surface area contributed by atoms with Gasteiger partial charge in [-0.15, -0.1) is 0 Å². The normalized spacial score (nSPS) is 10.6. The van der Waals surface area contributed by atoms with Crippen LogP contribution in [0.15, 0.2) is 18.2 Å². The van der Waals surface area contributed by atoms with E-state index >= 15 is 0 Å². The summed E-state index contributed by atoms with van der Waals surface area (Å²) in [6.45, 7) is 4.05. The molecule has 0 bridgehead atoms. The van der Waals surface area contributed by atoms with E-state index in [9.17, 15) is 9.18 Å². The first kappa shape index (κ1) is 16.2. The maximum Gasteiger partial charge on any atom is 0.321 e. The van der Waals surface area contributed by atoms with Gasteiger partial charge in [0.1, 0.15) is 5.82 Å². The molecule has 0 aromatic heterocycles. The van der Waals surface area contributed by atoms with Crippen LogP contribution in [0.4, 0.5) is 20.6 Å². The number of rotatable bonds is 5. The van der Waals surface area contributed by atoms with Crippen molar-refractivity contribution in [1.82, 2.24) is 4.90 Å². The number of anilines is 2. The predicted molar refractivity (Wildman–Crippen MR) is 78.7 cm³/mol. The molecular weight excluding hydrogens is 261 g/mol. The topological polar surface area (TPSA) is 55.8 Å². The molecular formula is C14H22FN3O2. The van der Waals surface area contributed by atoms with Crippen molar-refractivity contribution in [3.05, 3.63) is 24.0 Å². The Hall–Kier alpha value is -1.82. The van der Waals surface area contributed by atoms with E-state index in [0.717, 1.165) is 0 Å². The summed E-state index contributed by atoms with van der Waals surface area (Å²) in [6, 6.07) is 4.38. The van der Waals surface area contributed by atoms with Crippen molar-refractivity contribution >= 4 is 17.4 Å². The Balaban J connectivity index is 2.80. The Labute approximate surface area is 119 Å². The largest absolute Gasteiger partial charge is 0.395 e. The van der Waals surface area contributed by atoms with Crippen LogP contribution in [-0.4, -0.2) is 49.3 Å². The molecule has 0 spiro atoms. The van der Waals surface area contributed by atoms with Gasteiger partial charge in [0.2, 0.25) is 0 Å². The minimum Gasteiger partial charge on any atom is -0.395 e.